The van der Waals surface area contributed by atoms with Gasteiger partial charge in [-0.15, -0.1) is 0 Å². The van der Waals surface area contributed by atoms with Crippen LogP contribution in [0, 0.1) is 0 Å². The fourth-order valence-corrected chi connectivity index (χ4v) is 5.09. The number of nitrogens with zero attached hydrogens (tertiary/aromatic N) is 6. The zero-order chi connectivity index (χ0) is 22.8. The van der Waals surface area contributed by atoms with Crippen LogP contribution in [0.25, 0.3) is 11.0 Å². The minimum absolute atomic E-state index is 0.0724. The molecule has 34 heavy (non-hydrogen) atoms. The summed E-state index contributed by atoms with van der Waals surface area (Å²) >= 11 is 0. The van der Waals surface area contributed by atoms with Gasteiger partial charge in [0.05, 0.1) is 42.1 Å². The number of imidazole rings is 1. The zero-order valence-electron chi connectivity index (χ0n) is 18.7. The second-order valence-corrected chi connectivity index (χ2v) is 9.02. The maximum atomic E-state index is 13.9. The number of aromatic amines is 1. The van der Waals surface area contributed by atoms with Gasteiger partial charge in [-0.1, -0.05) is 6.07 Å². The van der Waals surface area contributed by atoms with Gasteiger partial charge in [0.1, 0.15) is 17.3 Å². The number of aromatic nitrogens is 6. The van der Waals surface area contributed by atoms with Crippen molar-refractivity contribution in [1.29, 1.82) is 0 Å². The molecule has 2 aliphatic rings. The molecule has 1 amide bonds. The first-order chi connectivity index (χ1) is 16.7. The quantitative estimate of drug-likeness (QED) is 0.450. The smallest absolute Gasteiger partial charge is 0.258 e. The first kappa shape index (κ1) is 19.3. The van der Waals surface area contributed by atoms with Crippen molar-refractivity contribution in [2.75, 3.05) is 13.7 Å². The maximum Gasteiger partial charge on any atom is 0.258 e. The molecule has 0 spiro atoms. The Hall–Kier alpha value is -4.14. The largest absolute Gasteiger partial charge is 0.494 e. The average Bonchev–Trinajstić information content (AvgIpc) is 3.27. The standard InChI is InChI=1S/C25H23N7O2/c1-34-22-3-2-9-31-21(22)11-19(29-31)24-23-18(26-14-27-23)8-10-30(24)25(33)17-12-28-32-13-16(15-4-5-15)6-7-20(17)32/h2-3,6-7,9,11-15,24H,4-5,8,10H2,1H3,(H,26,27)/t24-/m1/s1. The summed E-state index contributed by atoms with van der Waals surface area (Å²) in [5.41, 5.74) is 6.15. The lowest BCUT2D eigenvalue weighted by Gasteiger charge is -2.33. The second kappa shape index (κ2) is 7.18. The summed E-state index contributed by atoms with van der Waals surface area (Å²) < 4.78 is 9.13. The summed E-state index contributed by atoms with van der Waals surface area (Å²) in [6, 6.07) is 9.50. The van der Waals surface area contributed by atoms with E-state index in [9.17, 15) is 4.79 Å². The number of methoxy groups -OCH3 is 1. The Kier molecular flexibility index (Phi) is 4.08. The Balaban J connectivity index is 1.33. The molecule has 5 aromatic rings. The number of carbonyl (C=O) groups excluding carboxylic acids is 1. The van der Waals surface area contributed by atoms with Crippen molar-refractivity contribution in [3.63, 3.8) is 0 Å². The molecule has 0 unspecified atom stereocenters. The third kappa shape index (κ3) is 2.86. The van der Waals surface area contributed by atoms with Crippen LogP contribution in [0.3, 0.4) is 0 Å². The predicted octanol–water partition coefficient (Wildman–Crippen LogP) is 3.38. The first-order valence-electron chi connectivity index (χ1n) is 11.5. The van der Waals surface area contributed by atoms with E-state index in [2.05, 4.69) is 27.3 Å². The number of hydrogen-bond donors (Lipinski definition) is 1. The number of nitrogens with one attached hydrogen (secondary N) is 1. The Morgan fingerprint density at radius 2 is 2.09 bits per heavy atom. The minimum atomic E-state index is -0.409. The molecule has 0 aromatic carbocycles. The molecular formula is C25H23N7O2. The second-order valence-electron chi connectivity index (χ2n) is 9.02. The number of carbonyl (C=O) groups is 1. The highest BCUT2D eigenvalue weighted by Gasteiger charge is 2.37. The third-order valence-corrected chi connectivity index (χ3v) is 6.99. The number of H-pyrrole nitrogens is 1. The highest BCUT2D eigenvalue weighted by Crippen LogP contribution is 2.40. The number of hydrogen-bond acceptors (Lipinski definition) is 5. The van der Waals surface area contributed by atoms with E-state index in [0.717, 1.165) is 33.9 Å². The fraction of sp³-hybridized carbons (Fsp3) is 0.280. The van der Waals surface area contributed by atoms with Gasteiger partial charge >= 0.3 is 0 Å². The van der Waals surface area contributed by atoms with Gasteiger partial charge < -0.3 is 14.6 Å². The van der Waals surface area contributed by atoms with Crippen molar-refractivity contribution in [3.05, 3.63) is 83.5 Å². The van der Waals surface area contributed by atoms with Crippen molar-refractivity contribution >= 4 is 16.9 Å². The summed E-state index contributed by atoms with van der Waals surface area (Å²) in [5, 5.41) is 9.31. The van der Waals surface area contributed by atoms with Crippen molar-refractivity contribution in [2.45, 2.75) is 31.2 Å². The average molecular weight is 454 g/mol. The SMILES string of the molecule is COc1cccn2nc([C@@H]3c4nc[nH]c4CCN3C(=O)c3cnn4cc(C5CC5)ccc34)cc12. The molecule has 1 saturated carbocycles. The lowest BCUT2D eigenvalue weighted by molar-refractivity contribution is 0.0689. The van der Waals surface area contributed by atoms with Gasteiger partial charge in [-0.25, -0.2) is 14.0 Å². The maximum absolute atomic E-state index is 13.9. The van der Waals surface area contributed by atoms with Crippen LogP contribution in [0.2, 0.25) is 0 Å². The Morgan fingerprint density at radius 1 is 1.18 bits per heavy atom. The van der Waals surface area contributed by atoms with E-state index >= 15 is 0 Å². The van der Waals surface area contributed by atoms with E-state index in [4.69, 9.17) is 9.84 Å². The molecule has 5 aromatic heterocycles. The Morgan fingerprint density at radius 3 is 2.94 bits per heavy atom. The zero-order valence-corrected chi connectivity index (χ0v) is 18.7. The predicted molar refractivity (Wildman–Crippen MR) is 124 cm³/mol. The number of amides is 1. The van der Waals surface area contributed by atoms with Crippen LogP contribution in [-0.2, 0) is 6.42 Å². The van der Waals surface area contributed by atoms with Crippen LogP contribution in [0.4, 0.5) is 0 Å². The highest BCUT2D eigenvalue weighted by molar-refractivity contribution is 6.01. The summed E-state index contributed by atoms with van der Waals surface area (Å²) in [6.07, 6.45) is 10.5. The summed E-state index contributed by atoms with van der Waals surface area (Å²) in [4.78, 5) is 23.6. The summed E-state index contributed by atoms with van der Waals surface area (Å²) in [6.45, 7) is 0.557. The van der Waals surface area contributed by atoms with E-state index in [1.54, 1.807) is 24.1 Å². The van der Waals surface area contributed by atoms with Crippen LogP contribution >= 0.6 is 0 Å². The lowest BCUT2D eigenvalue weighted by atomic mass is 9.98. The van der Waals surface area contributed by atoms with Gasteiger partial charge in [0.15, 0.2) is 0 Å². The minimum Gasteiger partial charge on any atom is -0.494 e. The van der Waals surface area contributed by atoms with Crippen LogP contribution in [-0.4, -0.2) is 53.7 Å². The molecule has 1 aliphatic carbocycles. The molecule has 0 radical (unpaired) electrons. The molecule has 9 nitrogen and oxygen atoms in total. The van der Waals surface area contributed by atoms with Gasteiger partial charge in [0, 0.05) is 31.1 Å². The van der Waals surface area contributed by atoms with Gasteiger partial charge in [-0.05, 0) is 48.6 Å². The lowest BCUT2D eigenvalue weighted by Crippen LogP contribution is -2.41. The van der Waals surface area contributed by atoms with E-state index in [1.165, 1.54) is 18.4 Å². The molecule has 9 heteroatoms. The fourth-order valence-electron chi connectivity index (χ4n) is 5.09. The highest BCUT2D eigenvalue weighted by atomic mass is 16.5. The van der Waals surface area contributed by atoms with Crippen molar-refractivity contribution in [1.82, 2.24) is 34.1 Å². The topological polar surface area (TPSA) is 92.8 Å². The van der Waals surface area contributed by atoms with Gasteiger partial charge in [-0.3, -0.25) is 4.79 Å². The monoisotopic (exact) mass is 453 g/mol. The molecule has 0 bridgehead atoms. The Labute approximate surface area is 195 Å². The van der Waals surface area contributed by atoms with Crippen LogP contribution in [0.5, 0.6) is 5.75 Å². The molecule has 7 rings (SSSR count). The molecule has 170 valence electrons. The van der Waals surface area contributed by atoms with Crippen molar-refractivity contribution in [3.8, 4) is 5.75 Å². The first-order valence-corrected chi connectivity index (χ1v) is 11.5. The normalized spacial score (nSPS) is 17.9. The van der Waals surface area contributed by atoms with E-state index in [-0.39, 0.29) is 5.91 Å². The van der Waals surface area contributed by atoms with E-state index < -0.39 is 6.04 Å². The number of fused-ring (bicyclic) bond motifs is 3. The molecule has 1 atom stereocenters. The molecule has 1 aliphatic heterocycles. The summed E-state index contributed by atoms with van der Waals surface area (Å²) in [7, 11) is 1.64. The van der Waals surface area contributed by atoms with Crippen LogP contribution in [0.15, 0.2) is 55.2 Å². The van der Waals surface area contributed by atoms with Gasteiger partial charge in [0.25, 0.3) is 5.91 Å². The third-order valence-electron chi connectivity index (χ3n) is 6.99. The Bertz CT molecular complexity index is 1560. The molecule has 0 saturated heterocycles. The molecular weight excluding hydrogens is 430 g/mol. The summed E-state index contributed by atoms with van der Waals surface area (Å²) in [5.74, 6) is 1.28. The molecule has 6 heterocycles. The van der Waals surface area contributed by atoms with Crippen LogP contribution in [0.1, 0.15) is 57.8 Å². The van der Waals surface area contributed by atoms with Crippen molar-refractivity contribution < 1.29 is 9.53 Å². The molecule has 1 fully saturated rings. The molecule has 1 N–H and O–H groups in total. The van der Waals surface area contributed by atoms with E-state index in [0.29, 0.717) is 24.4 Å². The number of pyridine rings is 2. The van der Waals surface area contributed by atoms with Crippen molar-refractivity contribution in [2.24, 2.45) is 0 Å². The number of ether oxygens (including phenoxy) is 1. The van der Waals surface area contributed by atoms with Gasteiger partial charge in [-0.2, -0.15) is 10.2 Å². The van der Waals surface area contributed by atoms with E-state index in [1.807, 2.05) is 39.9 Å². The number of rotatable bonds is 4. The van der Waals surface area contributed by atoms with Gasteiger partial charge in [0.2, 0.25) is 0 Å². The van der Waals surface area contributed by atoms with Crippen LogP contribution < -0.4 is 4.74 Å².